The van der Waals surface area contributed by atoms with Crippen LogP contribution in [0.25, 0.3) is 0 Å². The lowest BCUT2D eigenvalue weighted by atomic mass is 9.98. The zero-order chi connectivity index (χ0) is 10.7. The molecule has 0 aromatic heterocycles. The van der Waals surface area contributed by atoms with E-state index in [-0.39, 0.29) is 5.91 Å². The summed E-state index contributed by atoms with van der Waals surface area (Å²) in [6.07, 6.45) is 1.49. The van der Waals surface area contributed by atoms with E-state index in [1.807, 2.05) is 0 Å². The molecule has 0 radical (unpaired) electrons. The van der Waals surface area contributed by atoms with Gasteiger partial charge in [-0.15, -0.1) is 0 Å². The van der Waals surface area contributed by atoms with Crippen LogP contribution in [-0.2, 0) is 9.59 Å². The maximum absolute atomic E-state index is 11.4. The van der Waals surface area contributed by atoms with Gasteiger partial charge in [0.2, 0.25) is 5.91 Å². The van der Waals surface area contributed by atoms with Gasteiger partial charge in [0.25, 0.3) is 0 Å². The van der Waals surface area contributed by atoms with Crippen LogP contribution >= 0.6 is 0 Å². The molecule has 1 saturated heterocycles. The topological polar surface area (TPSA) is 57.6 Å². The first-order chi connectivity index (χ1) is 6.50. The number of amides is 1. The zero-order valence-electron chi connectivity index (χ0n) is 8.69. The van der Waals surface area contributed by atoms with E-state index in [2.05, 4.69) is 6.92 Å². The first kappa shape index (κ1) is 11.0. The molecule has 1 aliphatic rings. The lowest BCUT2D eigenvalue weighted by Crippen LogP contribution is -2.42. The van der Waals surface area contributed by atoms with E-state index in [1.54, 1.807) is 11.8 Å². The number of rotatable bonds is 3. The molecule has 4 nitrogen and oxygen atoms in total. The second-order valence-electron chi connectivity index (χ2n) is 4.18. The van der Waals surface area contributed by atoms with Crippen molar-refractivity contribution in [2.75, 3.05) is 13.1 Å². The summed E-state index contributed by atoms with van der Waals surface area (Å²) in [6.45, 7) is 4.77. The Morgan fingerprint density at radius 1 is 1.71 bits per heavy atom. The van der Waals surface area contributed by atoms with Crippen LogP contribution in [0.3, 0.4) is 0 Å². The molecule has 4 heteroatoms. The summed E-state index contributed by atoms with van der Waals surface area (Å²) in [6, 6.07) is 0. The normalized spacial score (nSPS) is 24.9. The molecule has 0 aromatic carbocycles. The minimum Gasteiger partial charge on any atom is -0.481 e. The second-order valence-corrected chi connectivity index (χ2v) is 4.18. The number of hydrogen-bond acceptors (Lipinski definition) is 2. The third kappa shape index (κ3) is 2.72. The largest absolute Gasteiger partial charge is 0.481 e. The summed E-state index contributed by atoms with van der Waals surface area (Å²) in [5.41, 5.74) is 0. The number of carbonyl (C=O) groups excluding carboxylic acids is 1. The average molecular weight is 199 g/mol. The summed E-state index contributed by atoms with van der Waals surface area (Å²) >= 11 is 0. The van der Waals surface area contributed by atoms with Gasteiger partial charge in [-0.1, -0.05) is 13.8 Å². The Hall–Kier alpha value is -1.06. The van der Waals surface area contributed by atoms with Crippen LogP contribution in [0.1, 0.15) is 26.7 Å². The number of aliphatic carboxylic acids is 1. The number of carboxylic acids is 1. The SMILES string of the molecule is CC1CCC(=O)N(CC(C)C(=O)O)C1. The number of hydrogen-bond donors (Lipinski definition) is 1. The van der Waals surface area contributed by atoms with Crippen LogP contribution in [-0.4, -0.2) is 35.0 Å². The zero-order valence-corrected chi connectivity index (χ0v) is 8.69. The Balaban J connectivity index is 2.49. The van der Waals surface area contributed by atoms with Gasteiger partial charge in [0.1, 0.15) is 0 Å². The van der Waals surface area contributed by atoms with Crippen LogP contribution in [0.4, 0.5) is 0 Å². The van der Waals surface area contributed by atoms with Gasteiger partial charge in [-0.25, -0.2) is 0 Å². The van der Waals surface area contributed by atoms with Crippen molar-refractivity contribution in [1.29, 1.82) is 0 Å². The van der Waals surface area contributed by atoms with Crippen LogP contribution in [0.5, 0.6) is 0 Å². The predicted octanol–water partition coefficient (Wildman–Crippen LogP) is 0.966. The molecule has 0 aromatic rings. The van der Waals surface area contributed by atoms with Gasteiger partial charge in [0, 0.05) is 19.5 Å². The van der Waals surface area contributed by atoms with Crippen LogP contribution in [0, 0.1) is 11.8 Å². The van der Waals surface area contributed by atoms with E-state index in [4.69, 9.17) is 5.11 Å². The highest BCUT2D eigenvalue weighted by Crippen LogP contribution is 2.17. The maximum atomic E-state index is 11.4. The number of carbonyl (C=O) groups is 2. The van der Waals surface area contributed by atoms with E-state index in [9.17, 15) is 9.59 Å². The number of likely N-dealkylation sites (tertiary alicyclic amines) is 1. The molecule has 1 N–H and O–H groups in total. The van der Waals surface area contributed by atoms with Crippen LogP contribution in [0.15, 0.2) is 0 Å². The fourth-order valence-corrected chi connectivity index (χ4v) is 1.68. The Kier molecular flexibility index (Phi) is 3.49. The molecule has 0 spiro atoms. The molecule has 2 unspecified atom stereocenters. The Morgan fingerprint density at radius 2 is 2.36 bits per heavy atom. The Morgan fingerprint density at radius 3 is 2.93 bits per heavy atom. The smallest absolute Gasteiger partial charge is 0.308 e. The van der Waals surface area contributed by atoms with Gasteiger partial charge < -0.3 is 10.0 Å². The molecule has 0 aliphatic carbocycles. The molecular formula is C10H17NO3. The molecule has 1 amide bonds. The van der Waals surface area contributed by atoms with Gasteiger partial charge >= 0.3 is 5.97 Å². The number of nitrogens with zero attached hydrogens (tertiary/aromatic N) is 1. The third-order valence-corrected chi connectivity index (χ3v) is 2.65. The van der Waals surface area contributed by atoms with Crippen molar-refractivity contribution in [1.82, 2.24) is 4.90 Å². The molecule has 1 heterocycles. The monoisotopic (exact) mass is 199 g/mol. The van der Waals surface area contributed by atoms with Crippen molar-refractivity contribution in [2.24, 2.45) is 11.8 Å². The third-order valence-electron chi connectivity index (χ3n) is 2.65. The van der Waals surface area contributed by atoms with Crippen molar-refractivity contribution in [3.05, 3.63) is 0 Å². The Bertz CT molecular complexity index is 240. The lowest BCUT2D eigenvalue weighted by molar-refractivity contribution is -0.144. The van der Waals surface area contributed by atoms with E-state index in [1.165, 1.54) is 0 Å². The minimum absolute atomic E-state index is 0.0937. The van der Waals surface area contributed by atoms with Crippen LogP contribution in [0.2, 0.25) is 0 Å². The van der Waals surface area contributed by atoms with Crippen molar-refractivity contribution in [3.63, 3.8) is 0 Å². The van der Waals surface area contributed by atoms with Gasteiger partial charge in [-0.2, -0.15) is 0 Å². The van der Waals surface area contributed by atoms with E-state index in [0.29, 0.717) is 25.4 Å². The van der Waals surface area contributed by atoms with E-state index in [0.717, 1.165) is 6.42 Å². The summed E-state index contributed by atoms with van der Waals surface area (Å²) in [7, 11) is 0. The molecule has 80 valence electrons. The second kappa shape index (κ2) is 4.44. The molecule has 1 aliphatic heterocycles. The molecule has 0 saturated carbocycles. The first-order valence-corrected chi connectivity index (χ1v) is 5.01. The van der Waals surface area contributed by atoms with Crippen molar-refractivity contribution < 1.29 is 14.7 Å². The van der Waals surface area contributed by atoms with Gasteiger partial charge in [-0.05, 0) is 12.3 Å². The highest BCUT2D eigenvalue weighted by molar-refractivity contribution is 5.78. The maximum Gasteiger partial charge on any atom is 0.308 e. The highest BCUT2D eigenvalue weighted by Gasteiger charge is 2.25. The molecule has 1 rings (SSSR count). The van der Waals surface area contributed by atoms with Crippen molar-refractivity contribution >= 4 is 11.9 Å². The van der Waals surface area contributed by atoms with Crippen molar-refractivity contribution in [2.45, 2.75) is 26.7 Å². The fourth-order valence-electron chi connectivity index (χ4n) is 1.68. The summed E-state index contributed by atoms with van der Waals surface area (Å²) in [4.78, 5) is 23.7. The average Bonchev–Trinajstić information content (AvgIpc) is 2.11. The van der Waals surface area contributed by atoms with Gasteiger partial charge in [0.05, 0.1) is 5.92 Å². The van der Waals surface area contributed by atoms with E-state index >= 15 is 0 Å². The number of carboxylic acid groups (broad SMARTS) is 1. The standard InChI is InChI=1S/C10H17NO3/c1-7-3-4-9(12)11(5-7)6-8(2)10(13)14/h7-8H,3-6H2,1-2H3,(H,13,14). The quantitative estimate of drug-likeness (QED) is 0.736. The summed E-state index contributed by atoms with van der Waals surface area (Å²) in [5, 5.41) is 8.73. The van der Waals surface area contributed by atoms with Crippen LogP contribution < -0.4 is 0 Å². The summed E-state index contributed by atoms with van der Waals surface area (Å²) < 4.78 is 0. The van der Waals surface area contributed by atoms with Gasteiger partial charge in [0.15, 0.2) is 0 Å². The molecule has 2 atom stereocenters. The predicted molar refractivity (Wildman–Crippen MR) is 51.8 cm³/mol. The Labute approximate surface area is 83.9 Å². The highest BCUT2D eigenvalue weighted by atomic mass is 16.4. The molecule has 14 heavy (non-hydrogen) atoms. The van der Waals surface area contributed by atoms with E-state index < -0.39 is 11.9 Å². The molecule has 1 fully saturated rings. The molecule has 0 bridgehead atoms. The summed E-state index contributed by atoms with van der Waals surface area (Å²) in [5.74, 6) is -0.717. The van der Waals surface area contributed by atoms with Crippen molar-refractivity contribution in [3.8, 4) is 0 Å². The number of piperidine rings is 1. The lowest BCUT2D eigenvalue weighted by Gasteiger charge is -2.31. The molecular weight excluding hydrogens is 182 g/mol. The van der Waals surface area contributed by atoms with Gasteiger partial charge in [-0.3, -0.25) is 9.59 Å². The minimum atomic E-state index is -0.837. The fraction of sp³-hybridized carbons (Fsp3) is 0.800. The first-order valence-electron chi connectivity index (χ1n) is 5.01.